The van der Waals surface area contributed by atoms with Gasteiger partial charge >= 0.3 is 0 Å². The summed E-state index contributed by atoms with van der Waals surface area (Å²) >= 11 is 0. The highest BCUT2D eigenvalue weighted by Gasteiger charge is 2.24. The van der Waals surface area contributed by atoms with Crippen molar-refractivity contribution in [3.8, 4) is 0 Å². The lowest BCUT2D eigenvalue weighted by Crippen LogP contribution is -2.37. The van der Waals surface area contributed by atoms with Crippen LogP contribution in [0.25, 0.3) is 0 Å². The maximum absolute atomic E-state index is 12.7. The Morgan fingerprint density at radius 3 is 2.45 bits per heavy atom. The van der Waals surface area contributed by atoms with E-state index in [9.17, 15) is 4.79 Å². The first-order valence-electron chi connectivity index (χ1n) is 7.54. The summed E-state index contributed by atoms with van der Waals surface area (Å²) < 4.78 is 0. The lowest BCUT2D eigenvalue weighted by Gasteiger charge is -2.30. The number of hydrogen-bond donors (Lipinski definition) is 1. The van der Waals surface area contributed by atoms with Crippen LogP contribution in [0.3, 0.4) is 0 Å². The van der Waals surface area contributed by atoms with Gasteiger partial charge in [0, 0.05) is 19.3 Å². The standard InChI is InChI=1S/C17H24N4O/c1-5-14-11-15(19-18-14)17(22)21(4)16(12-20(2)3)13-9-7-6-8-10-13/h6-11,16H,5,12H2,1-4H3,(H,18,19). The highest BCUT2D eigenvalue weighted by atomic mass is 16.2. The molecule has 0 aliphatic carbocycles. The molecule has 0 saturated carbocycles. The van der Waals surface area contributed by atoms with Crippen molar-refractivity contribution in [1.82, 2.24) is 20.0 Å². The number of carbonyl (C=O) groups excluding carboxylic acids is 1. The number of likely N-dealkylation sites (N-methyl/N-ethyl adjacent to an activating group) is 2. The molecule has 0 fully saturated rings. The van der Waals surface area contributed by atoms with Crippen LogP contribution in [0.4, 0.5) is 0 Å². The average Bonchev–Trinajstić information content (AvgIpc) is 3.01. The summed E-state index contributed by atoms with van der Waals surface area (Å²) in [5, 5.41) is 7.04. The summed E-state index contributed by atoms with van der Waals surface area (Å²) in [6.45, 7) is 2.79. The molecular formula is C17H24N4O. The lowest BCUT2D eigenvalue weighted by atomic mass is 10.0. The van der Waals surface area contributed by atoms with Crippen molar-refractivity contribution in [2.24, 2.45) is 0 Å². The predicted octanol–water partition coefficient (Wildman–Crippen LogP) is 2.35. The maximum atomic E-state index is 12.7. The van der Waals surface area contributed by atoms with E-state index in [2.05, 4.69) is 27.2 Å². The molecule has 0 bridgehead atoms. The first-order valence-corrected chi connectivity index (χ1v) is 7.54. The van der Waals surface area contributed by atoms with Crippen molar-refractivity contribution in [1.29, 1.82) is 0 Å². The number of benzene rings is 1. The summed E-state index contributed by atoms with van der Waals surface area (Å²) in [5.74, 6) is -0.0633. The Labute approximate surface area is 131 Å². The molecule has 0 saturated heterocycles. The molecule has 0 aliphatic rings. The van der Waals surface area contributed by atoms with E-state index in [1.54, 1.807) is 4.90 Å². The van der Waals surface area contributed by atoms with Gasteiger partial charge in [0.05, 0.1) is 6.04 Å². The smallest absolute Gasteiger partial charge is 0.274 e. The third-order valence-corrected chi connectivity index (χ3v) is 3.74. The second-order valence-electron chi connectivity index (χ2n) is 5.74. The van der Waals surface area contributed by atoms with E-state index in [0.717, 1.165) is 24.2 Å². The Morgan fingerprint density at radius 2 is 1.91 bits per heavy atom. The zero-order chi connectivity index (χ0) is 16.1. The van der Waals surface area contributed by atoms with Gasteiger partial charge in [0.1, 0.15) is 5.69 Å². The van der Waals surface area contributed by atoms with Gasteiger partial charge < -0.3 is 9.80 Å². The third-order valence-electron chi connectivity index (χ3n) is 3.74. The second kappa shape index (κ2) is 7.22. The van der Waals surface area contributed by atoms with Gasteiger partial charge in [-0.25, -0.2) is 0 Å². The van der Waals surface area contributed by atoms with Crippen molar-refractivity contribution in [3.63, 3.8) is 0 Å². The minimum atomic E-state index is -0.0633. The number of aromatic nitrogens is 2. The van der Waals surface area contributed by atoms with Gasteiger partial charge in [-0.05, 0) is 32.1 Å². The van der Waals surface area contributed by atoms with Crippen LogP contribution in [-0.4, -0.2) is 53.6 Å². The van der Waals surface area contributed by atoms with Crippen LogP contribution in [0.15, 0.2) is 36.4 Å². The van der Waals surface area contributed by atoms with E-state index in [4.69, 9.17) is 0 Å². The number of aryl methyl sites for hydroxylation is 1. The summed E-state index contributed by atoms with van der Waals surface area (Å²) in [5.41, 5.74) is 2.57. The molecule has 5 heteroatoms. The predicted molar refractivity (Wildman–Crippen MR) is 87.8 cm³/mol. The molecule has 0 radical (unpaired) electrons. The van der Waals surface area contributed by atoms with Gasteiger partial charge in [0.2, 0.25) is 0 Å². The highest BCUT2D eigenvalue weighted by Crippen LogP contribution is 2.21. The van der Waals surface area contributed by atoms with Crippen LogP contribution in [0.1, 0.15) is 34.7 Å². The Bertz CT molecular complexity index is 606. The molecule has 118 valence electrons. The number of amides is 1. The first-order chi connectivity index (χ1) is 10.5. The normalized spacial score (nSPS) is 12.4. The quantitative estimate of drug-likeness (QED) is 0.891. The van der Waals surface area contributed by atoms with Gasteiger partial charge in [-0.15, -0.1) is 0 Å². The monoisotopic (exact) mass is 300 g/mol. The molecule has 2 aromatic rings. The number of nitrogens with one attached hydrogen (secondary N) is 1. The highest BCUT2D eigenvalue weighted by molar-refractivity contribution is 5.92. The van der Waals surface area contributed by atoms with E-state index in [-0.39, 0.29) is 11.9 Å². The van der Waals surface area contributed by atoms with Crippen LogP contribution in [0.2, 0.25) is 0 Å². The Hall–Kier alpha value is -2.14. The van der Waals surface area contributed by atoms with E-state index in [1.807, 2.05) is 52.3 Å². The molecule has 1 aromatic heterocycles. The topological polar surface area (TPSA) is 52.2 Å². The van der Waals surface area contributed by atoms with Crippen molar-refractivity contribution in [2.45, 2.75) is 19.4 Å². The van der Waals surface area contributed by atoms with Crippen LogP contribution in [0.5, 0.6) is 0 Å². The van der Waals surface area contributed by atoms with Crippen molar-refractivity contribution in [2.75, 3.05) is 27.7 Å². The molecule has 1 unspecified atom stereocenters. The fourth-order valence-electron chi connectivity index (χ4n) is 2.45. The molecule has 1 heterocycles. The van der Waals surface area contributed by atoms with E-state index >= 15 is 0 Å². The molecule has 1 amide bonds. The molecule has 1 atom stereocenters. The summed E-state index contributed by atoms with van der Waals surface area (Å²) in [7, 11) is 5.86. The molecule has 1 N–H and O–H groups in total. The Morgan fingerprint density at radius 1 is 1.23 bits per heavy atom. The van der Waals surface area contributed by atoms with Gasteiger partial charge in [0.15, 0.2) is 0 Å². The number of nitrogens with zero attached hydrogens (tertiary/aromatic N) is 3. The zero-order valence-corrected chi connectivity index (χ0v) is 13.7. The number of hydrogen-bond acceptors (Lipinski definition) is 3. The number of carbonyl (C=O) groups is 1. The number of rotatable bonds is 6. The van der Waals surface area contributed by atoms with Crippen LogP contribution >= 0.6 is 0 Å². The second-order valence-corrected chi connectivity index (χ2v) is 5.74. The molecule has 0 spiro atoms. The van der Waals surface area contributed by atoms with E-state index in [0.29, 0.717) is 5.69 Å². The van der Waals surface area contributed by atoms with E-state index < -0.39 is 0 Å². The molecule has 0 aliphatic heterocycles. The van der Waals surface area contributed by atoms with Gasteiger partial charge in [-0.2, -0.15) is 5.10 Å². The molecule has 1 aromatic carbocycles. The zero-order valence-electron chi connectivity index (χ0n) is 13.7. The first kappa shape index (κ1) is 16.2. The Balaban J connectivity index is 2.24. The fraction of sp³-hybridized carbons (Fsp3) is 0.412. The minimum absolute atomic E-state index is 0.00882. The van der Waals surface area contributed by atoms with Crippen molar-refractivity contribution >= 4 is 5.91 Å². The van der Waals surface area contributed by atoms with Crippen LogP contribution in [0, 0.1) is 0 Å². The Kier molecular flexibility index (Phi) is 5.33. The molecule has 2 rings (SSSR count). The summed E-state index contributed by atoms with van der Waals surface area (Å²) in [6.07, 6.45) is 0.837. The van der Waals surface area contributed by atoms with E-state index in [1.165, 1.54) is 0 Å². The van der Waals surface area contributed by atoms with Gasteiger partial charge in [-0.3, -0.25) is 9.89 Å². The van der Waals surface area contributed by atoms with Crippen molar-refractivity contribution < 1.29 is 4.79 Å². The summed E-state index contributed by atoms with van der Waals surface area (Å²) in [4.78, 5) is 16.6. The largest absolute Gasteiger partial charge is 0.332 e. The van der Waals surface area contributed by atoms with Crippen molar-refractivity contribution in [3.05, 3.63) is 53.3 Å². The van der Waals surface area contributed by atoms with Crippen LogP contribution < -0.4 is 0 Å². The molecule has 5 nitrogen and oxygen atoms in total. The fourth-order valence-corrected chi connectivity index (χ4v) is 2.45. The third kappa shape index (κ3) is 3.74. The molecule has 22 heavy (non-hydrogen) atoms. The van der Waals surface area contributed by atoms with Gasteiger partial charge in [0.25, 0.3) is 5.91 Å². The summed E-state index contributed by atoms with van der Waals surface area (Å²) in [6, 6.07) is 11.9. The number of aromatic amines is 1. The SMILES string of the molecule is CCc1cc(C(=O)N(C)C(CN(C)C)c2ccccc2)n[nH]1. The average molecular weight is 300 g/mol. The van der Waals surface area contributed by atoms with Gasteiger partial charge in [-0.1, -0.05) is 37.3 Å². The van der Waals surface area contributed by atoms with Crippen LogP contribution in [-0.2, 0) is 6.42 Å². The maximum Gasteiger partial charge on any atom is 0.274 e. The molecular weight excluding hydrogens is 276 g/mol. The minimum Gasteiger partial charge on any atom is -0.332 e. The number of H-pyrrole nitrogens is 1. The lowest BCUT2D eigenvalue weighted by molar-refractivity contribution is 0.0699.